The molecule has 2 heterocycles. The molecule has 1 aliphatic heterocycles. The summed E-state index contributed by atoms with van der Waals surface area (Å²) in [7, 11) is -3.58. The smallest absolute Gasteiger partial charge is 0.244 e. The van der Waals surface area contributed by atoms with E-state index in [0.29, 0.717) is 28.7 Å². The molecule has 9 heteroatoms. The van der Waals surface area contributed by atoms with Gasteiger partial charge in [0.2, 0.25) is 5.69 Å². The Kier molecular flexibility index (Phi) is 4.75. The van der Waals surface area contributed by atoms with Crippen LogP contribution >= 0.6 is 11.3 Å². The number of thiazole rings is 1. The molecule has 0 N–H and O–H groups in total. The van der Waals surface area contributed by atoms with E-state index in [1.54, 1.807) is 34.7 Å². The molecule has 0 fully saturated rings. The van der Waals surface area contributed by atoms with Crippen molar-refractivity contribution in [2.45, 2.75) is 10.6 Å². The number of aromatic nitrogens is 1. The van der Waals surface area contributed by atoms with Crippen LogP contribution in [0.25, 0.3) is 4.85 Å². The molecule has 3 aromatic rings. The molecule has 0 bridgehead atoms. The van der Waals surface area contributed by atoms with Crippen LogP contribution in [0.2, 0.25) is 0 Å². The molecule has 0 saturated carbocycles. The van der Waals surface area contributed by atoms with E-state index in [1.807, 2.05) is 0 Å². The first-order valence-electron chi connectivity index (χ1n) is 8.31. The van der Waals surface area contributed by atoms with Gasteiger partial charge in [0, 0.05) is 17.6 Å². The highest BCUT2D eigenvalue weighted by atomic mass is 32.2. The van der Waals surface area contributed by atoms with Crippen LogP contribution in [0.3, 0.4) is 0 Å². The number of para-hydroxylation sites is 1. The van der Waals surface area contributed by atoms with Crippen LogP contribution in [0.1, 0.15) is 5.01 Å². The predicted octanol–water partition coefficient (Wildman–Crippen LogP) is 4.34. The highest BCUT2D eigenvalue weighted by molar-refractivity contribution is 7.90. The zero-order valence-corrected chi connectivity index (χ0v) is 16.1. The fourth-order valence-corrected chi connectivity index (χ4v) is 5.31. The number of nitrogens with zero attached hydrogens (tertiary/aromatic N) is 3. The van der Waals surface area contributed by atoms with E-state index in [-0.39, 0.29) is 22.9 Å². The Morgan fingerprint density at radius 3 is 2.89 bits per heavy atom. The minimum absolute atomic E-state index is 0.0733. The molecule has 0 radical (unpaired) electrons. The van der Waals surface area contributed by atoms with E-state index in [0.717, 1.165) is 0 Å². The molecule has 0 unspecified atom stereocenters. The van der Waals surface area contributed by atoms with Gasteiger partial charge in [0.1, 0.15) is 28.9 Å². The van der Waals surface area contributed by atoms with Gasteiger partial charge in [-0.2, -0.15) is 0 Å². The lowest BCUT2D eigenvalue weighted by Gasteiger charge is -2.32. The molecule has 1 aromatic heterocycles. The van der Waals surface area contributed by atoms with Gasteiger partial charge in [-0.1, -0.05) is 6.07 Å². The third kappa shape index (κ3) is 3.32. The van der Waals surface area contributed by atoms with Crippen molar-refractivity contribution in [2.75, 3.05) is 18.1 Å². The van der Waals surface area contributed by atoms with Gasteiger partial charge in [0.15, 0.2) is 9.84 Å². The van der Waals surface area contributed by atoms with E-state index < -0.39 is 15.7 Å². The number of benzene rings is 2. The average Bonchev–Trinajstić information content (AvgIpc) is 3.19. The molecule has 0 aliphatic carbocycles. The van der Waals surface area contributed by atoms with Crippen molar-refractivity contribution in [3.8, 4) is 5.75 Å². The van der Waals surface area contributed by atoms with Crippen molar-refractivity contribution < 1.29 is 17.5 Å². The van der Waals surface area contributed by atoms with Gasteiger partial charge in [-0.15, -0.1) is 11.3 Å². The van der Waals surface area contributed by atoms with Crippen molar-refractivity contribution >= 4 is 38.2 Å². The van der Waals surface area contributed by atoms with Crippen LogP contribution in [0.4, 0.5) is 21.5 Å². The molecule has 28 heavy (non-hydrogen) atoms. The molecule has 2 aromatic carbocycles. The van der Waals surface area contributed by atoms with Crippen molar-refractivity contribution in [2.24, 2.45) is 0 Å². The number of hydrogen-bond acceptors (Lipinski definition) is 6. The second kappa shape index (κ2) is 7.22. The summed E-state index contributed by atoms with van der Waals surface area (Å²) in [6.07, 6.45) is 1.57. The van der Waals surface area contributed by atoms with Crippen molar-refractivity contribution in [1.82, 2.24) is 4.98 Å². The van der Waals surface area contributed by atoms with Crippen molar-refractivity contribution in [3.63, 3.8) is 0 Å². The minimum atomic E-state index is -3.58. The molecular formula is C19H14FN3O3S2. The topological polar surface area (TPSA) is 63.9 Å². The summed E-state index contributed by atoms with van der Waals surface area (Å²) in [4.78, 5) is 9.24. The Labute approximate surface area is 165 Å². The normalized spacial score (nSPS) is 13.5. The first-order chi connectivity index (χ1) is 13.5. The van der Waals surface area contributed by atoms with Gasteiger partial charge < -0.3 is 9.64 Å². The summed E-state index contributed by atoms with van der Waals surface area (Å²) in [5.74, 6) is -0.395. The zero-order chi connectivity index (χ0) is 19.7. The third-order valence-electron chi connectivity index (χ3n) is 4.32. The van der Waals surface area contributed by atoms with Gasteiger partial charge in [0.05, 0.1) is 29.4 Å². The van der Waals surface area contributed by atoms with Crippen LogP contribution in [-0.4, -0.2) is 26.6 Å². The Bertz CT molecular complexity index is 1170. The maximum absolute atomic E-state index is 14.0. The highest BCUT2D eigenvalue weighted by Crippen LogP contribution is 2.42. The van der Waals surface area contributed by atoms with Gasteiger partial charge >= 0.3 is 0 Å². The zero-order valence-electron chi connectivity index (χ0n) is 14.5. The fourth-order valence-electron chi connectivity index (χ4n) is 3.05. The summed E-state index contributed by atoms with van der Waals surface area (Å²) in [6, 6.07) is 9.05. The van der Waals surface area contributed by atoms with Crippen LogP contribution in [-0.2, 0) is 15.6 Å². The summed E-state index contributed by atoms with van der Waals surface area (Å²) in [5.41, 5.74) is 0.948. The average molecular weight is 415 g/mol. The molecule has 0 spiro atoms. The molecular weight excluding hydrogens is 401 g/mol. The first kappa shape index (κ1) is 18.4. The molecule has 6 nitrogen and oxygen atoms in total. The number of halogens is 1. The summed E-state index contributed by atoms with van der Waals surface area (Å²) in [6.45, 7) is 7.99. The molecule has 4 rings (SSSR count). The SMILES string of the molecule is [C-]#[N+]c1c(F)cccc1N1CCOc2cc(S(=O)(=O)Cc3nccs3)ccc21. The van der Waals surface area contributed by atoms with Crippen LogP contribution in [0.15, 0.2) is 52.9 Å². The van der Waals surface area contributed by atoms with E-state index in [4.69, 9.17) is 11.3 Å². The Hall–Kier alpha value is -2.96. The van der Waals surface area contributed by atoms with Crippen LogP contribution < -0.4 is 9.64 Å². The monoisotopic (exact) mass is 415 g/mol. The maximum atomic E-state index is 14.0. The number of anilines is 2. The third-order valence-corrected chi connectivity index (χ3v) is 6.91. The summed E-state index contributed by atoms with van der Waals surface area (Å²) in [5, 5.41) is 2.24. The second-order valence-electron chi connectivity index (χ2n) is 6.03. The number of fused-ring (bicyclic) bond motifs is 1. The fraction of sp³-hybridized carbons (Fsp3) is 0.158. The van der Waals surface area contributed by atoms with Crippen molar-refractivity contribution in [3.05, 3.63) is 70.2 Å². The lowest BCUT2D eigenvalue weighted by Crippen LogP contribution is -2.28. The number of ether oxygens (including phenoxy) is 1. The van der Waals surface area contributed by atoms with Crippen LogP contribution in [0.5, 0.6) is 5.75 Å². The maximum Gasteiger partial charge on any atom is 0.244 e. The van der Waals surface area contributed by atoms with E-state index in [9.17, 15) is 12.8 Å². The van der Waals surface area contributed by atoms with Crippen molar-refractivity contribution in [1.29, 1.82) is 0 Å². The Morgan fingerprint density at radius 1 is 1.29 bits per heavy atom. The first-order valence-corrected chi connectivity index (χ1v) is 10.8. The standard InChI is InChI=1S/C19H14FN3O3S2/c1-21-19-14(20)3-2-4-16(19)23-8-9-26-17-11-13(5-6-15(17)23)28(24,25)12-18-22-7-10-27-18/h2-7,10-11H,8-9,12H2. The Balaban J connectivity index is 1.73. The van der Waals surface area contributed by atoms with Gasteiger partial charge in [-0.05, 0) is 24.3 Å². The summed E-state index contributed by atoms with van der Waals surface area (Å²) < 4.78 is 45.1. The van der Waals surface area contributed by atoms with Crippen LogP contribution in [0, 0.1) is 12.4 Å². The van der Waals surface area contributed by atoms with E-state index in [2.05, 4.69) is 9.83 Å². The number of rotatable bonds is 4. The molecule has 0 amide bonds. The summed E-state index contributed by atoms with van der Waals surface area (Å²) >= 11 is 1.28. The molecule has 1 aliphatic rings. The van der Waals surface area contributed by atoms with E-state index in [1.165, 1.54) is 29.5 Å². The van der Waals surface area contributed by atoms with Gasteiger partial charge in [-0.25, -0.2) is 22.6 Å². The van der Waals surface area contributed by atoms with E-state index >= 15 is 0 Å². The Morgan fingerprint density at radius 2 is 2.14 bits per heavy atom. The molecule has 142 valence electrons. The second-order valence-corrected chi connectivity index (χ2v) is 9.00. The molecule has 0 saturated heterocycles. The highest BCUT2D eigenvalue weighted by Gasteiger charge is 2.26. The lowest BCUT2D eigenvalue weighted by atomic mass is 10.1. The number of hydrogen-bond donors (Lipinski definition) is 0. The predicted molar refractivity (Wildman–Crippen MR) is 105 cm³/mol. The number of sulfone groups is 1. The molecule has 0 atom stereocenters. The van der Waals surface area contributed by atoms with Gasteiger partial charge in [-0.3, -0.25) is 0 Å². The quantitative estimate of drug-likeness (QED) is 0.593. The largest absolute Gasteiger partial charge is 0.489 e. The lowest BCUT2D eigenvalue weighted by molar-refractivity contribution is 0.313. The minimum Gasteiger partial charge on any atom is -0.489 e. The van der Waals surface area contributed by atoms with Gasteiger partial charge in [0.25, 0.3) is 0 Å².